The Labute approximate surface area is 201 Å². The van der Waals surface area contributed by atoms with Crippen molar-refractivity contribution in [2.24, 2.45) is 0 Å². The number of hydrogen-bond acceptors (Lipinski definition) is 5. The first-order valence-electron chi connectivity index (χ1n) is 11.5. The van der Waals surface area contributed by atoms with Crippen LogP contribution in [0.15, 0.2) is 71.6 Å². The first-order chi connectivity index (χ1) is 16.1. The molecule has 0 aliphatic heterocycles. The highest BCUT2D eigenvalue weighted by molar-refractivity contribution is 7.99. The number of aromatic hydroxyl groups is 1. The molecule has 0 saturated heterocycles. The van der Waals surface area contributed by atoms with Crippen molar-refractivity contribution in [2.45, 2.75) is 50.8 Å². The number of carbonyl (C=O) groups is 1. The van der Waals surface area contributed by atoms with Gasteiger partial charge in [0.25, 0.3) is 0 Å². The summed E-state index contributed by atoms with van der Waals surface area (Å²) in [6.45, 7) is 4.48. The highest BCUT2D eigenvalue weighted by Gasteiger charge is 2.14. The number of thioether (sulfide) groups is 1. The number of hydrogen-bond donors (Lipinski definition) is 1. The van der Waals surface area contributed by atoms with Gasteiger partial charge in [0.2, 0.25) is 0 Å². The lowest BCUT2D eigenvalue weighted by atomic mass is 10.1. The van der Waals surface area contributed by atoms with Crippen LogP contribution in [-0.4, -0.2) is 23.4 Å². The number of phenolic OH excluding ortho intramolecular Hbond substituents is 1. The van der Waals surface area contributed by atoms with Crippen LogP contribution in [0, 0.1) is 0 Å². The molecule has 4 nitrogen and oxygen atoms in total. The van der Waals surface area contributed by atoms with Crippen LogP contribution in [0.25, 0.3) is 0 Å². The van der Waals surface area contributed by atoms with Gasteiger partial charge in [-0.2, -0.15) is 0 Å². The Morgan fingerprint density at radius 3 is 2.39 bits per heavy atom. The minimum atomic E-state index is -0.239. The van der Waals surface area contributed by atoms with Crippen molar-refractivity contribution < 1.29 is 19.4 Å². The van der Waals surface area contributed by atoms with Crippen LogP contribution < -0.4 is 9.47 Å². The van der Waals surface area contributed by atoms with Crippen molar-refractivity contribution in [1.29, 1.82) is 0 Å². The van der Waals surface area contributed by atoms with Crippen LogP contribution >= 0.6 is 11.8 Å². The fourth-order valence-corrected chi connectivity index (χ4v) is 4.54. The van der Waals surface area contributed by atoms with Crippen molar-refractivity contribution in [3.63, 3.8) is 0 Å². The Bertz CT molecular complexity index is 1030. The monoisotopic (exact) mass is 464 g/mol. The summed E-state index contributed by atoms with van der Waals surface area (Å²) < 4.78 is 11.9. The SMILES string of the molecule is CCCc1ccccc1OCCc1cccc(SCCc2ccc(O)cc2)c1OC(=O)CC. The number of ether oxygens (including phenoxy) is 2. The summed E-state index contributed by atoms with van der Waals surface area (Å²) in [6, 6.07) is 21.4. The van der Waals surface area contributed by atoms with Gasteiger partial charge in [-0.15, -0.1) is 11.8 Å². The molecule has 33 heavy (non-hydrogen) atoms. The second-order valence-corrected chi connectivity index (χ2v) is 8.93. The van der Waals surface area contributed by atoms with Crippen LogP contribution in [0.5, 0.6) is 17.2 Å². The van der Waals surface area contributed by atoms with E-state index in [9.17, 15) is 9.90 Å². The van der Waals surface area contributed by atoms with Crippen LogP contribution in [0.4, 0.5) is 0 Å². The molecule has 0 unspecified atom stereocenters. The van der Waals surface area contributed by atoms with Crippen molar-refractivity contribution in [2.75, 3.05) is 12.4 Å². The summed E-state index contributed by atoms with van der Waals surface area (Å²) in [5.74, 6) is 2.44. The van der Waals surface area contributed by atoms with E-state index >= 15 is 0 Å². The normalized spacial score (nSPS) is 10.7. The largest absolute Gasteiger partial charge is 0.508 e. The predicted octanol–water partition coefficient (Wildman–Crippen LogP) is 6.62. The molecule has 0 spiro atoms. The third-order valence-electron chi connectivity index (χ3n) is 5.27. The zero-order valence-electron chi connectivity index (χ0n) is 19.4. The van der Waals surface area contributed by atoms with Crippen molar-refractivity contribution in [3.8, 4) is 17.2 Å². The Morgan fingerprint density at radius 2 is 1.64 bits per heavy atom. The van der Waals surface area contributed by atoms with E-state index < -0.39 is 0 Å². The predicted molar refractivity (Wildman–Crippen MR) is 135 cm³/mol. The van der Waals surface area contributed by atoms with Crippen molar-refractivity contribution >= 4 is 17.7 Å². The standard InChI is InChI=1S/C28H32O4S/c1-3-8-22-9-5-6-11-25(22)31-19-17-23-10-7-12-26(28(23)32-27(30)4-2)33-20-18-21-13-15-24(29)16-14-21/h5-7,9-16,29H,3-4,8,17-20H2,1-2H3. The minimum Gasteiger partial charge on any atom is -0.508 e. The molecule has 174 valence electrons. The summed E-state index contributed by atoms with van der Waals surface area (Å²) in [4.78, 5) is 13.1. The van der Waals surface area contributed by atoms with Gasteiger partial charge in [-0.05, 0) is 53.8 Å². The topological polar surface area (TPSA) is 55.8 Å². The highest BCUT2D eigenvalue weighted by atomic mass is 32.2. The maximum absolute atomic E-state index is 12.1. The van der Waals surface area contributed by atoms with E-state index in [1.165, 1.54) is 5.56 Å². The molecule has 0 atom stereocenters. The maximum Gasteiger partial charge on any atom is 0.310 e. The van der Waals surface area contributed by atoms with Gasteiger partial charge in [-0.25, -0.2) is 0 Å². The lowest BCUT2D eigenvalue weighted by molar-refractivity contribution is -0.134. The van der Waals surface area contributed by atoms with E-state index in [0.717, 1.165) is 46.8 Å². The Balaban J connectivity index is 1.68. The van der Waals surface area contributed by atoms with Crippen LogP contribution in [0.1, 0.15) is 43.4 Å². The molecule has 5 heteroatoms. The highest BCUT2D eigenvalue weighted by Crippen LogP contribution is 2.34. The molecular weight excluding hydrogens is 432 g/mol. The molecule has 3 aromatic rings. The van der Waals surface area contributed by atoms with Gasteiger partial charge in [0, 0.05) is 18.6 Å². The summed E-state index contributed by atoms with van der Waals surface area (Å²) in [7, 11) is 0. The molecule has 0 saturated carbocycles. The second-order valence-electron chi connectivity index (χ2n) is 7.79. The number of aryl methyl sites for hydroxylation is 2. The van der Waals surface area contributed by atoms with Crippen LogP contribution in [0.2, 0.25) is 0 Å². The van der Waals surface area contributed by atoms with Gasteiger partial charge in [0.15, 0.2) is 0 Å². The van der Waals surface area contributed by atoms with Crippen LogP contribution in [-0.2, 0) is 24.1 Å². The number of rotatable bonds is 12. The van der Waals surface area contributed by atoms with E-state index in [2.05, 4.69) is 13.0 Å². The lowest BCUT2D eigenvalue weighted by Crippen LogP contribution is -2.10. The average molecular weight is 465 g/mol. The fourth-order valence-electron chi connectivity index (χ4n) is 3.51. The summed E-state index contributed by atoms with van der Waals surface area (Å²) >= 11 is 1.67. The second kappa shape index (κ2) is 12.9. The summed E-state index contributed by atoms with van der Waals surface area (Å²) in [6.07, 6.45) is 3.89. The zero-order chi connectivity index (χ0) is 23.5. The number of esters is 1. The number of phenols is 1. The molecule has 0 radical (unpaired) electrons. The molecule has 3 rings (SSSR count). The van der Waals surface area contributed by atoms with Gasteiger partial charge < -0.3 is 14.6 Å². The smallest absolute Gasteiger partial charge is 0.310 e. The van der Waals surface area contributed by atoms with Gasteiger partial charge in [-0.3, -0.25) is 4.79 Å². The van der Waals surface area contributed by atoms with Gasteiger partial charge in [-0.1, -0.05) is 62.7 Å². The quantitative estimate of drug-likeness (QED) is 0.185. The third-order valence-corrected chi connectivity index (χ3v) is 6.31. The first kappa shape index (κ1) is 24.7. The van der Waals surface area contributed by atoms with Crippen LogP contribution in [0.3, 0.4) is 0 Å². The third kappa shape index (κ3) is 7.57. The molecule has 0 bridgehead atoms. The summed E-state index contributed by atoms with van der Waals surface area (Å²) in [5.41, 5.74) is 3.35. The molecule has 0 aliphatic rings. The average Bonchev–Trinajstić information content (AvgIpc) is 2.83. The van der Waals surface area contributed by atoms with Gasteiger partial charge in [0.05, 0.1) is 11.5 Å². The molecule has 0 amide bonds. The van der Waals surface area contributed by atoms with Gasteiger partial charge >= 0.3 is 5.97 Å². The molecule has 0 aromatic heterocycles. The first-order valence-corrected chi connectivity index (χ1v) is 12.5. The van der Waals surface area contributed by atoms with E-state index in [-0.39, 0.29) is 11.7 Å². The fraction of sp³-hybridized carbons (Fsp3) is 0.321. The molecule has 0 aliphatic carbocycles. The molecular formula is C28H32O4S. The minimum absolute atomic E-state index is 0.239. The van der Waals surface area contributed by atoms with Crippen molar-refractivity contribution in [1.82, 2.24) is 0 Å². The Hall–Kier alpha value is -2.92. The van der Waals surface area contributed by atoms with E-state index in [1.54, 1.807) is 30.8 Å². The molecule has 1 N–H and O–H groups in total. The van der Waals surface area contributed by atoms with Crippen molar-refractivity contribution in [3.05, 3.63) is 83.4 Å². The van der Waals surface area contributed by atoms with E-state index in [0.29, 0.717) is 25.2 Å². The Morgan fingerprint density at radius 1 is 0.879 bits per heavy atom. The lowest BCUT2D eigenvalue weighted by Gasteiger charge is -2.15. The maximum atomic E-state index is 12.1. The van der Waals surface area contributed by atoms with E-state index in [1.807, 2.05) is 48.5 Å². The summed E-state index contributed by atoms with van der Waals surface area (Å²) in [5, 5.41) is 9.46. The number of benzene rings is 3. The van der Waals surface area contributed by atoms with Gasteiger partial charge in [0.1, 0.15) is 17.2 Å². The molecule has 0 heterocycles. The number of carbonyl (C=O) groups excluding carboxylic acids is 1. The molecule has 3 aromatic carbocycles. The Kier molecular flexibility index (Phi) is 9.70. The van der Waals surface area contributed by atoms with E-state index in [4.69, 9.17) is 9.47 Å². The molecule has 0 fully saturated rings. The zero-order valence-corrected chi connectivity index (χ0v) is 20.2. The number of para-hydroxylation sites is 2.